The number of hydrogen-bond donors (Lipinski definition) is 3. The van der Waals surface area contributed by atoms with E-state index in [9.17, 15) is 9.59 Å². The lowest BCUT2D eigenvalue weighted by Gasteiger charge is -2.18. The van der Waals surface area contributed by atoms with Gasteiger partial charge in [-0.25, -0.2) is 0 Å². The molecule has 0 bridgehead atoms. The zero-order valence-electron chi connectivity index (χ0n) is 11.7. The molecule has 0 spiro atoms. The molecule has 1 heterocycles. The second-order valence-corrected chi connectivity index (χ2v) is 5.16. The third-order valence-corrected chi connectivity index (χ3v) is 3.47. The van der Waals surface area contributed by atoms with Crippen LogP contribution in [0.25, 0.3) is 0 Å². The summed E-state index contributed by atoms with van der Waals surface area (Å²) in [6.07, 6.45) is 3.86. The third kappa shape index (κ3) is 3.57. The minimum absolute atomic E-state index is 0.0378. The highest BCUT2D eigenvalue weighted by Gasteiger charge is 2.17. The number of carbonyl (C=O) groups excluding carboxylic acids is 2. The van der Waals surface area contributed by atoms with Crippen LogP contribution in [0, 0.1) is 0 Å². The Morgan fingerprint density at radius 2 is 2.25 bits per heavy atom. The molecule has 2 amide bonds. The highest BCUT2D eigenvalue weighted by atomic mass is 16.2. The first kappa shape index (κ1) is 14.5. The average molecular weight is 275 g/mol. The molecule has 2 rings (SSSR count). The van der Waals surface area contributed by atoms with Gasteiger partial charge in [0.1, 0.15) is 0 Å². The molecule has 108 valence electrons. The quantitative estimate of drug-likeness (QED) is 0.768. The minimum atomic E-state index is -0.467. The average Bonchev–Trinajstić information content (AvgIpc) is 2.44. The lowest BCUT2D eigenvalue weighted by atomic mass is 10.0. The smallest absolute Gasteiger partial charge is 0.241 e. The maximum atomic E-state index is 11.9. The molecular formula is C15H21N3O2. The number of fused-ring (bicyclic) bond motifs is 1. The monoisotopic (exact) mass is 275 g/mol. The molecular weight excluding hydrogens is 254 g/mol. The van der Waals surface area contributed by atoms with Gasteiger partial charge in [-0.05, 0) is 36.6 Å². The van der Waals surface area contributed by atoms with Crippen LogP contribution in [0.2, 0.25) is 0 Å². The van der Waals surface area contributed by atoms with Gasteiger partial charge in [0.15, 0.2) is 0 Å². The number of nitrogens with two attached hydrogens (primary N) is 1. The molecule has 1 aromatic carbocycles. The largest absolute Gasteiger partial charge is 0.326 e. The molecule has 0 unspecified atom stereocenters. The second-order valence-electron chi connectivity index (χ2n) is 5.16. The summed E-state index contributed by atoms with van der Waals surface area (Å²) in [5, 5.41) is 5.65. The van der Waals surface area contributed by atoms with Gasteiger partial charge in [-0.1, -0.05) is 19.8 Å². The summed E-state index contributed by atoms with van der Waals surface area (Å²) in [6.45, 7) is 2.07. The number of nitrogens with one attached hydrogen (secondary N) is 2. The van der Waals surface area contributed by atoms with Gasteiger partial charge < -0.3 is 16.4 Å². The van der Waals surface area contributed by atoms with Gasteiger partial charge in [0, 0.05) is 17.8 Å². The number of rotatable bonds is 5. The van der Waals surface area contributed by atoms with Gasteiger partial charge in [-0.3, -0.25) is 9.59 Å². The highest BCUT2D eigenvalue weighted by Crippen LogP contribution is 2.25. The first-order valence-corrected chi connectivity index (χ1v) is 7.09. The van der Waals surface area contributed by atoms with Crippen LogP contribution in [0.3, 0.4) is 0 Å². The van der Waals surface area contributed by atoms with E-state index >= 15 is 0 Å². The zero-order valence-corrected chi connectivity index (χ0v) is 11.7. The van der Waals surface area contributed by atoms with E-state index < -0.39 is 6.04 Å². The molecule has 0 radical (unpaired) electrons. The molecule has 0 aliphatic carbocycles. The van der Waals surface area contributed by atoms with Crippen LogP contribution in [0.4, 0.5) is 11.4 Å². The normalized spacial score (nSPS) is 15.2. The molecule has 1 aliphatic heterocycles. The van der Waals surface area contributed by atoms with Crippen molar-refractivity contribution in [1.29, 1.82) is 0 Å². The van der Waals surface area contributed by atoms with Crippen molar-refractivity contribution in [1.82, 2.24) is 0 Å². The summed E-state index contributed by atoms with van der Waals surface area (Å²) in [5.74, 6) is -0.117. The molecule has 20 heavy (non-hydrogen) atoms. The Kier molecular flexibility index (Phi) is 4.74. The topological polar surface area (TPSA) is 84.2 Å². The SMILES string of the molecule is CCCC[C@H](N)C(=O)Nc1ccc2c(c1)CCC(=O)N2. The van der Waals surface area contributed by atoms with Crippen LogP contribution in [0.5, 0.6) is 0 Å². The first-order valence-electron chi connectivity index (χ1n) is 7.09. The van der Waals surface area contributed by atoms with Gasteiger partial charge in [-0.15, -0.1) is 0 Å². The Hall–Kier alpha value is -1.88. The fourth-order valence-electron chi connectivity index (χ4n) is 2.25. The zero-order chi connectivity index (χ0) is 14.5. The van der Waals surface area contributed by atoms with Crippen LogP contribution in [-0.2, 0) is 16.0 Å². The Labute approximate surface area is 118 Å². The molecule has 1 aromatic rings. The van der Waals surface area contributed by atoms with E-state index in [1.807, 2.05) is 12.1 Å². The molecule has 0 aromatic heterocycles. The lowest BCUT2D eigenvalue weighted by Crippen LogP contribution is -2.35. The van der Waals surface area contributed by atoms with Crippen LogP contribution in [0.1, 0.15) is 38.2 Å². The van der Waals surface area contributed by atoms with Crippen molar-refractivity contribution >= 4 is 23.2 Å². The van der Waals surface area contributed by atoms with Crippen LogP contribution < -0.4 is 16.4 Å². The van der Waals surface area contributed by atoms with Crippen LogP contribution in [0.15, 0.2) is 18.2 Å². The van der Waals surface area contributed by atoms with Gasteiger partial charge in [0.05, 0.1) is 6.04 Å². The molecule has 5 heteroatoms. The summed E-state index contributed by atoms with van der Waals surface area (Å²) in [6, 6.07) is 5.04. The Morgan fingerprint density at radius 3 is 3.00 bits per heavy atom. The van der Waals surface area contributed by atoms with Crippen molar-refractivity contribution < 1.29 is 9.59 Å². The molecule has 1 atom stereocenters. The first-order chi connectivity index (χ1) is 9.60. The molecule has 5 nitrogen and oxygen atoms in total. The summed E-state index contributed by atoms with van der Waals surface area (Å²) in [7, 11) is 0. The van der Waals surface area contributed by atoms with E-state index in [4.69, 9.17) is 5.73 Å². The van der Waals surface area contributed by atoms with Crippen molar-refractivity contribution in [3.63, 3.8) is 0 Å². The Bertz CT molecular complexity index is 514. The number of anilines is 2. The maximum absolute atomic E-state index is 11.9. The second kappa shape index (κ2) is 6.52. The number of hydrogen-bond acceptors (Lipinski definition) is 3. The highest BCUT2D eigenvalue weighted by molar-refractivity contribution is 5.97. The van der Waals surface area contributed by atoms with Crippen molar-refractivity contribution in [2.75, 3.05) is 10.6 Å². The lowest BCUT2D eigenvalue weighted by molar-refractivity contribution is -0.118. The fraction of sp³-hybridized carbons (Fsp3) is 0.467. The van der Waals surface area contributed by atoms with Crippen molar-refractivity contribution in [2.24, 2.45) is 5.73 Å². The van der Waals surface area contributed by atoms with Gasteiger partial charge in [0.2, 0.25) is 11.8 Å². The number of aryl methyl sites for hydroxylation is 1. The molecule has 4 N–H and O–H groups in total. The van der Waals surface area contributed by atoms with E-state index in [1.165, 1.54) is 0 Å². The Balaban J connectivity index is 2.00. The maximum Gasteiger partial charge on any atom is 0.241 e. The van der Waals surface area contributed by atoms with E-state index in [1.54, 1.807) is 6.07 Å². The van der Waals surface area contributed by atoms with Crippen molar-refractivity contribution in [2.45, 2.75) is 45.1 Å². The molecule has 1 aliphatic rings. The summed E-state index contributed by atoms with van der Waals surface area (Å²) >= 11 is 0. The fourth-order valence-corrected chi connectivity index (χ4v) is 2.25. The standard InChI is InChI=1S/C15H21N3O2/c1-2-3-4-12(16)15(20)17-11-6-7-13-10(9-11)5-8-14(19)18-13/h6-7,9,12H,2-5,8,16H2,1H3,(H,17,20)(H,18,19)/t12-/m0/s1. The molecule has 0 fully saturated rings. The number of unbranched alkanes of at least 4 members (excludes halogenated alkanes) is 1. The van der Waals surface area contributed by atoms with E-state index in [2.05, 4.69) is 17.6 Å². The van der Waals surface area contributed by atoms with Crippen molar-refractivity contribution in [3.05, 3.63) is 23.8 Å². The molecule has 0 saturated heterocycles. The van der Waals surface area contributed by atoms with E-state index in [0.29, 0.717) is 19.3 Å². The van der Waals surface area contributed by atoms with Crippen molar-refractivity contribution in [3.8, 4) is 0 Å². The van der Waals surface area contributed by atoms with Gasteiger partial charge in [0.25, 0.3) is 0 Å². The Morgan fingerprint density at radius 1 is 1.45 bits per heavy atom. The summed E-state index contributed by atoms with van der Waals surface area (Å²) in [5.41, 5.74) is 8.45. The number of amides is 2. The van der Waals surface area contributed by atoms with E-state index in [0.717, 1.165) is 29.8 Å². The minimum Gasteiger partial charge on any atom is -0.326 e. The van der Waals surface area contributed by atoms with Gasteiger partial charge >= 0.3 is 0 Å². The van der Waals surface area contributed by atoms with Gasteiger partial charge in [-0.2, -0.15) is 0 Å². The van der Waals surface area contributed by atoms with Crippen LogP contribution in [-0.4, -0.2) is 17.9 Å². The summed E-state index contributed by atoms with van der Waals surface area (Å²) < 4.78 is 0. The predicted molar refractivity (Wildman–Crippen MR) is 79.5 cm³/mol. The predicted octanol–water partition coefficient (Wildman–Crippen LogP) is 2.03. The molecule has 0 saturated carbocycles. The number of benzene rings is 1. The van der Waals surface area contributed by atoms with E-state index in [-0.39, 0.29) is 11.8 Å². The van der Waals surface area contributed by atoms with Crippen LogP contribution >= 0.6 is 0 Å². The third-order valence-electron chi connectivity index (χ3n) is 3.47. The summed E-state index contributed by atoms with van der Waals surface area (Å²) in [4.78, 5) is 23.2. The number of carbonyl (C=O) groups is 2.